The summed E-state index contributed by atoms with van der Waals surface area (Å²) in [6, 6.07) is 18.1. The molecule has 3 aliphatic carbocycles. The first-order valence-corrected chi connectivity index (χ1v) is 10.5. The van der Waals surface area contributed by atoms with Gasteiger partial charge in [0.1, 0.15) is 0 Å². The first kappa shape index (κ1) is 15.7. The fourth-order valence-electron chi connectivity index (χ4n) is 6.11. The molecule has 1 heterocycles. The van der Waals surface area contributed by atoms with Crippen LogP contribution in [-0.4, -0.2) is 11.9 Å². The third kappa shape index (κ3) is 2.51. The highest BCUT2D eigenvalue weighted by Crippen LogP contribution is 2.63. The summed E-state index contributed by atoms with van der Waals surface area (Å²) in [6.45, 7) is 0. The maximum absolute atomic E-state index is 12.6. The van der Waals surface area contributed by atoms with Gasteiger partial charge in [0.25, 0.3) is 5.91 Å². The van der Waals surface area contributed by atoms with Crippen LogP contribution < -0.4 is 10.6 Å². The minimum absolute atomic E-state index is 0.102. The van der Waals surface area contributed by atoms with Crippen LogP contribution in [0.3, 0.4) is 0 Å². The Morgan fingerprint density at radius 2 is 1.78 bits per heavy atom. The van der Waals surface area contributed by atoms with Gasteiger partial charge in [-0.25, -0.2) is 0 Å². The van der Waals surface area contributed by atoms with Crippen LogP contribution in [-0.2, 0) is 0 Å². The van der Waals surface area contributed by atoms with E-state index in [-0.39, 0.29) is 5.91 Å². The number of anilines is 1. The van der Waals surface area contributed by atoms with Gasteiger partial charge >= 0.3 is 0 Å². The Morgan fingerprint density at radius 1 is 0.963 bits per heavy atom. The Bertz CT molecular complexity index is 889. The molecule has 2 bridgehead atoms. The van der Waals surface area contributed by atoms with Crippen molar-refractivity contribution in [1.82, 2.24) is 5.32 Å². The van der Waals surface area contributed by atoms with Gasteiger partial charge in [-0.2, -0.15) is 0 Å². The van der Waals surface area contributed by atoms with Crippen LogP contribution in [0.2, 0.25) is 0 Å². The molecule has 3 nitrogen and oxygen atoms in total. The standard InChI is InChI=1S/C24H26N2O/c27-24(25-18-9-10-18)17-8-11-20-19(13-17)21-15-6-7-16(12-15)22(21)23(26-20)14-4-2-1-3-5-14/h1-5,8,11,13,15-16,18,21-23,26H,6-7,9-10,12H2,(H,25,27)/t15-,16-,21+,22-,23+/m0/s1. The molecule has 138 valence electrons. The van der Waals surface area contributed by atoms with Crippen molar-refractivity contribution in [2.45, 2.75) is 50.1 Å². The molecule has 0 saturated heterocycles. The van der Waals surface area contributed by atoms with Crippen molar-refractivity contribution in [2.24, 2.45) is 17.8 Å². The molecule has 0 radical (unpaired) electrons. The summed E-state index contributed by atoms with van der Waals surface area (Å²) in [5.41, 5.74) is 4.87. The number of nitrogens with one attached hydrogen (secondary N) is 2. The molecule has 1 amide bonds. The Morgan fingerprint density at radius 3 is 2.59 bits per heavy atom. The SMILES string of the molecule is O=C(NC1CC1)c1ccc2c(c1)[C@H]1[C@H]3CC[C@@H](C3)[C@@H]1[C@@H](c1ccccc1)N2. The minimum atomic E-state index is 0.102. The molecule has 0 unspecified atom stereocenters. The van der Waals surface area contributed by atoms with Crippen LogP contribution in [0.15, 0.2) is 48.5 Å². The molecule has 27 heavy (non-hydrogen) atoms. The van der Waals surface area contributed by atoms with Gasteiger partial charge in [0.05, 0.1) is 6.04 Å². The normalized spacial score (nSPS) is 33.1. The number of fused-ring (bicyclic) bond motifs is 7. The third-order valence-corrected chi connectivity index (χ3v) is 7.42. The number of amides is 1. The number of carbonyl (C=O) groups is 1. The van der Waals surface area contributed by atoms with Crippen molar-refractivity contribution in [1.29, 1.82) is 0 Å². The second kappa shape index (κ2) is 5.85. The highest BCUT2D eigenvalue weighted by Gasteiger charge is 2.53. The quantitative estimate of drug-likeness (QED) is 0.821. The van der Waals surface area contributed by atoms with Crippen LogP contribution in [0.5, 0.6) is 0 Å². The monoisotopic (exact) mass is 358 g/mol. The summed E-state index contributed by atoms with van der Waals surface area (Å²) in [5.74, 6) is 2.95. The zero-order valence-electron chi connectivity index (χ0n) is 15.5. The van der Waals surface area contributed by atoms with Crippen molar-refractivity contribution < 1.29 is 4.79 Å². The zero-order chi connectivity index (χ0) is 18.0. The van der Waals surface area contributed by atoms with Gasteiger partial charge in [0.2, 0.25) is 0 Å². The maximum atomic E-state index is 12.6. The molecular weight excluding hydrogens is 332 g/mol. The van der Waals surface area contributed by atoms with Crippen LogP contribution >= 0.6 is 0 Å². The lowest BCUT2D eigenvalue weighted by molar-refractivity contribution is 0.0951. The van der Waals surface area contributed by atoms with Gasteiger partial charge in [-0.05, 0) is 85.1 Å². The molecule has 0 aromatic heterocycles. The van der Waals surface area contributed by atoms with E-state index < -0.39 is 0 Å². The number of hydrogen-bond donors (Lipinski definition) is 2. The topological polar surface area (TPSA) is 41.1 Å². The largest absolute Gasteiger partial charge is 0.378 e. The average Bonchev–Trinajstić information content (AvgIpc) is 3.28. The van der Waals surface area contributed by atoms with E-state index in [0.717, 1.165) is 30.2 Å². The molecule has 3 heteroatoms. The van der Waals surface area contributed by atoms with Crippen molar-refractivity contribution in [3.8, 4) is 0 Å². The van der Waals surface area contributed by atoms with Crippen molar-refractivity contribution in [2.75, 3.05) is 5.32 Å². The van der Waals surface area contributed by atoms with E-state index in [0.29, 0.717) is 23.9 Å². The molecule has 4 aliphatic rings. The predicted molar refractivity (Wildman–Crippen MR) is 107 cm³/mol. The average molecular weight is 358 g/mol. The van der Waals surface area contributed by atoms with Crippen LogP contribution in [0.25, 0.3) is 0 Å². The number of hydrogen-bond acceptors (Lipinski definition) is 2. The Balaban J connectivity index is 1.40. The molecule has 5 atom stereocenters. The van der Waals surface area contributed by atoms with E-state index in [4.69, 9.17) is 0 Å². The molecule has 6 rings (SSSR count). The first-order chi connectivity index (χ1) is 13.3. The van der Waals surface area contributed by atoms with E-state index in [1.807, 2.05) is 6.07 Å². The van der Waals surface area contributed by atoms with Crippen LogP contribution in [0, 0.1) is 17.8 Å². The number of carbonyl (C=O) groups excluding carboxylic acids is 1. The maximum Gasteiger partial charge on any atom is 0.251 e. The van der Waals surface area contributed by atoms with Crippen LogP contribution in [0.4, 0.5) is 5.69 Å². The van der Waals surface area contributed by atoms with Crippen molar-refractivity contribution >= 4 is 11.6 Å². The van der Waals surface area contributed by atoms with Gasteiger partial charge in [0, 0.05) is 17.3 Å². The fourth-order valence-corrected chi connectivity index (χ4v) is 6.11. The van der Waals surface area contributed by atoms with E-state index in [2.05, 4.69) is 53.1 Å². The fraction of sp³-hybridized carbons (Fsp3) is 0.458. The molecule has 2 aromatic rings. The van der Waals surface area contributed by atoms with Gasteiger partial charge in [-0.15, -0.1) is 0 Å². The predicted octanol–water partition coefficient (Wildman–Crippen LogP) is 4.88. The van der Waals surface area contributed by atoms with Gasteiger partial charge in [0.15, 0.2) is 0 Å². The molecule has 2 N–H and O–H groups in total. The lowest BCUT2D eigenvalue weighted by Crippen LogP contribution is -2.35. The Hall–Kier alpha value is -2.29. The molecule has 3 fully saturated rings. The minimum Gasteiger partial charge on any atom is -0.378 e. The number of benzene rings is 2. The molecule has 0 spiro atoms. The summed E-state index contributed by atoms with van der Waals surface area (Å²) in [7, 11) is 0. The van der Waals surface area contributed by atoms with Gasteiger partial charge in [-0.1, -0.05) is 30.3 Å². The van der Waals surface area contributed by atoms with E-state index in [1.165, 1.54) is 36.1 Å². The molecule has 1 aliphatic heterocycles. The Kier molecular flexibility index (Phi) is 3.41. The third-order valence-electron chi connectivity index (χ3n) is 7.42. The summed E-state index contributed by atoms with van der Waals surface area (Å²) < 4.78 is 0. The smallest absolute Gasteiger partial charge is 0.251 e. The second-order valence-electron chi connectivity index (χ2n) is 9.02. The van der Waals surface area contributed by atoms with E-state index in [9.17, 15) is 4.79 Å². The van der Waals surface area contributed by atoms with Gasteiger partial charge in [-0.3, -0.25) is 4.79 Å². The van der Waals surface area contributed by atoms with E-state index >= 15 is 0 Å². The summed E-state index contributed by atoms with van der Waals surface area (Å²) in [4.78, 5) is 12.6. The second-order valence-corrected chi connectivity index (χ2v) is 9.02. The highest BCUT2D eigenvalue weighted by atomic mass is 16.1. The summed E-state index contributed by atoms with van der Waals surface area (Å²) in [5, 5.41) is 7.00. The molecule has 2 aromatic carbocycles. The molecule has 3 saturated carbocycles. The summed E-state index contributed by atoms with van der Waals surface area (Å²) in [6.07, 6.45) is 6.34. The van der Waals surface area contributed by atoms with E-state index in [1.54, 1.807) is 0 Å². The summed E-state index contributed by atoms with van der Waals surface area (Å²) >= 11 is 0. The lowest BCUT2D eigenvalue weighted by Gasteiger charge is -2.43. The Labute approximate surface area is 160 Å². The van der Waals surface area contributed by atoms with Gasteiger partial charge < -0.3 is 10.6 Å². The number of rotatable bonds is 3. The van der Waals surface area contributed by atoms with Crippen molar-refractivity contribution in [3.63, 3.8) is 0 Å². The first-order valence-electron chi connectivity index (χ1n) is 10.5. The highest BCUT2D eigenvalue weighted by molar-refractivity contribution is 5.95. The van der Waals surface area contributed by atoms with Crippen LogP contribution in [0.1, 0.15) is 65.5 Å². The molecular formula is C24H26N2O. The van der Waals surface area contributed by atoms with Crippen molar-refractivity contribution in [3.05, 3.63) is 65.2 Å². The zero-order valence-corrected chi connectivity index (χ0v) is 15.5. The lowest BCUT2D eigenvalue weighted by atomic mass is 9.68.